The van der Waals surface area contributed by atoms with Gasteiger partial charge in [-0.25, -0.2) is 13.8 Å². The first-order valence-electron chi connectivity index (χ1n) is 9.00. The molecule has 0 bridgehead atoms. The van der Waals surface area contributed by atoms with Crippen molar-refractivity contribution in [1.82, 2.24) is 9.97 Å². The third kappa shape index (κ3) is 3.59. The van der Waals surface area contributed by atoms with Crippen LogP contribution in [-0.4, -0.2) is 15.9 Å². The number of fused-ring (bicyclic) bond motifs is 1. The minimum Gasteiger partial charge on any atom is -0.398 e. The summed E-state index contributed by atoms with van der Waals surface area (Å²) < 4.78 is 28.1. The molecular weight excluding hydrogens is 376 g/mol. The minimum absolute atomic E-state index is 0.148. The van der Waals surface area contributed by atoms with Gasteiger partial charge in [0.15, 0.2) is 0 Å². The van der Waals surface area contributed by atoms with Crippen LogP contribution < -0.4 is 11.1 Å². The number of pyridine rings is 2. The first kappa shape index (κ1) is 18.7. The van der Waals surface area contributed by atoms with Crippen LogP contribution in [-0.2, 0) is 10.7 Å². The van der Waals surface area contributed by atoms with E-state index in [1.807, 2.05) is 0 Å². The maximum Gasteiger partial charge on any atom is 0.271 e. The van der Waals surface area contributed by atoms with Crippen molar-refractivity contribution < 1.29 is 13.6 Å². The molecule has 1 aliphatic carbocycles. The summed E-state index contributed by atoms with van der Waals surface area (Å²) in [6.07, 6.45) is 4.77. The molecule has 0 radical (unpaired) electrons. The fourth-order valence-corrected chi connectivity index (χ4v) is 3.36. The highest BCUT2D eigenvalue weighted by Crippen LogP contribution is 2.39. The van der Waals surface area contributed by atoms with Gasteiger partial charge in [-0.1, -0.05) is 0 Å². The molecule has 1 saturated carbocycles. The number of halogens is 2. The average Bonchev–Trinajstić information content (AvgIpc) is 3.47. The number of alkyl halides is 2. The summed E-state index contributed by atoms with van der Waals surface area (Å²) in [6.45, 7) is 0.834. The number of amides is 1. The van der Waals surface area contributed by atoms with Gasteiger partial charge in [0.1, 0.15) is 5.82 Å². The highest BCUT2D eigenvalue weighted by Gasteiger charge is 2.43. The summed E-state index contributed by atoms with van der Waals surface area (Å²) in [4.78, 5) is 20.3. The van der Waals surface area contributed by atoms with Gasteiger partial charge >= 0.3 is 0 Å². The van der Waals surface area contributed by atoms with Crippen molar-refractivity contribution in [3.63, 3.8) is 0 Å². The molecule has 2 aromatic heterocycles. The van der Waals surface area contributed by atoms with E-state index in [0.29, 0.717) is 34.3 Å². The highest BCUT2D eigenvalue weighted by molar-refractivity contribution is 6.00. The van der Waals surface area contributed by atoms with Gasteiger partial charge in [0, 0.05) is 47.7 Å². The lowest BCUT2D eigenvalue weighted by Gasteiger charge is -2.16. The number of nitrogens with one attached hydrogen (secondary N) is 1. The summed E-state index contributed by atoms with van der Waals surface area (Å²) in [6, 6.07) is 8.31. The molecular formula is C21H17F2N5O. The molecule has 3 aromatic rings. The zero-order chi connectivity index (χ0) is 20.8. The average molecular weight is 393 g/mol. The van der Waals surface area contributed by atoms with Crippen molar-refractivity contribution in [2.24, 2.45) is 11.8 Å². The molecule has 29 heavy (non-hydrogen) atoms. The van der Waals surface area contributed by atoms with Gasteiger partial charge in [-0.3, -0.25) is 9.78 Å². The maximum atomic E-state index is 14.0. The molecule has 1 unspecified atom stereocenters. The predicted octanol–water partition coefficient (Wildman–Crippen LogP) is 4.09. The van der Waals surface area contributed by atoms with Crippen molar-refractivity contribution in [2.75, 3.05) is 11.1 Å². The molecule has 2 atom stereocenters. The van der Waals surface area contributed by atoms with Crippen LogP contribution in [0.3, 0.4) is 0 Å². The quantitative estimate of drug-likeness (QED) is 0.650. The summed E-state index contributed by atoms with van der Waals surface area (Å²) in [5.74, 6) is -3.56. The highest BCUT2D eigenvalue weighted by atomic mass is 19.3. The molecule has 1 aliphatic rings. The van der Waals surface area contributed by atoms with Crippen LogP contribution >= 0.6 is 0 Å². The number of carbonyl (C=O) groups excluding carboxylic acids is 1. The van der Waals surface area contributed by atoms with E-state index in [4.69, 9.17) is 11.0 Å². The fourth-order valence-electron chi connectivity index (χ4n) is 3.36. The Kier molecular flexibility index (Phi) is 4.38. The lowest BCUT2D eigenvalue weighted by atomic mass is 9.96. The van der Waals surface area contributed by atoms with Crippen molar-refractivity contribution in [2.45, 2.75) is 19.3 Å². The van der Waals surface area contributed by atoms with E-state index in [2.05, 4.69) is 21.4 Å². The second kappa shape index (κ2) is 6.78. The van der Waals surface area contributed by atoms with Gasteiger partial charge in [-0.05, 0) is 41.6 Å². The van der Waals surface area contributed by atoms with E-state index < -0.39 is 5.92 Å². The Bertz CT molecular complexity index is 1170. The molecule has 3 N–H and O–H groups in total. The van der Waals surface area contributed by atoms with Gasteiger partial charge in [0.25, 0.3) is 5.92 Å². The lowest BCUT2D eigenvalue weighted by Crippen LogP contribution is -2.15. The largest absolute Gasteiger partial charge is 0.398 e. The summed E-state index contributed by atoms with van der Waals surface area (Å²) >= 11 is 0. The summed E-state index contributed by atoms with van der Waals surface area (Å²) in [7, 11) is 0. The van der Waals surface area contributed by atoms with E-state index in [9.17, 15) is 13.6 Å². The lowest BCUT2D eigenvalue weighted by molar-refractivity contribution is -0.117. The smallest absolute Gasteiger partial charge is 0.271 e. The van der Waals surface area contributed by atoms with Crippen LogP contribution in [0.5, 0.6) is 0 Å². The number of aromatic nitrogens is 2. The molecule has 6 nitrogen and oxygen atoms in total. The topological polar surface area (TPSA) is 105 Å². The van der Waals surface area contributed by atoms with Gasteiger partial charge in [0.05, 0.1) is 17.9 Å². The van der Waals surface area contributed by atoms with E-state index in [1.54, 1.807) is 18.2 Å². The van der Waals surface area contributed by atoms with Gasteiger partial charge in [-0.2, -0.15) is 5.26 Å². The number of nitriles is 1. The standard InChI is InChI=1S/C21H17F2N5O/c1-21(22,23)17-2-3-26-9-15(17)11-4-12-7-19(27-10-16(12)18(25)6-11)28-20(29)14-5-13(14)8-24/h2-4,6-7,9-10,13-14H,5,25H2,1H3,(H,27,28,29)/t13?,14-/m0/s1. The molecule has 1 aromatic carbocycles. The van der Waals surface area contributed by atoms with Crippen LogP contribution in [0.2, 0.25) is 0 Å². The Labute approximate surface area is 165 Å². The van der Waals surface area contributed by atoms with Crippen molar-refractivity contribution in [3.05, 3.63) is 48.4 Å². The van der Waals surface area contributed by atoms with Gasteiger partial charge in [0.2, 0.25) is 5.91 Å². The summed E-state index contributed by atoms with van der Waals surface area (Å²) in [5, 5.41) is 12.9. The van der Waals surface area contributed by atoms with E-state index >= 15 is 0 Å². The number of carbonyl (C=O) groups is 1. The first-order chi connectivity index (χ1) is 13.8. The Morgan fingerprint density at radius 3 is 2.83 bits per heavy atom. The van der Waals surface area contributed by atoms with Gasteiger partial charge < -0.3 is 11.1 Å². The third-order valence-corrected chi connectivity index (χ3v) is 5.02. The zero-order valence-corrected chi connectivity index (χ0v) is 15.5. The van der Waals surface area contributed by atoms with E-state index in [0.717, 1.165) is 6.92 Å². The van der Waals surface area contributed by atoms with Crippen LogP contribution in [0.15, 0.2) is 42.9 Å². The SMILES string of the molecule is CC(F)(F)c1ccncc1-c1cc(N)c2cnc(NC(=O)[C@H]3CC3C#N)cc2c1. The second-order valence-electron chi connectivity index (χ2n) is 7.23. The molecule has 2 heterocycles. The van der Waals surface area contributed by atoms with Crippen molar-refractivity contribution in [1.29, 1.82) is 5.26 Å². The minimum atomic E-state index is -3.04. The monoisotopic (exact) mass is 393 g/mol. The Hall–Kier alpha value is -3.60. The third-order valence-electron chi connectivity index (χ3n) is 5.02. The number of nitrogens with zero attached hydrogens (tertiary/aromatic N) is 3. The number of anilines is 2. The number of rotatable bonds is 4. The van der Waals surface area contributed by atoms with Crippen molar-refractivity contribution in [3.8, 4) is 17.2 Å². The van der Waals surface area contributed by atoms with Crippen LogP contribution in [0.4, 0.5) is 20.3 Å². The number of benzene rings is 1. The second-order valence-corrected chi connectivity index (χ2v) is 7.23. The number of nitrogen functional groups attached to an aromatic ring is 1. The molecule has 4 rings (SSSR count). The molecule has 0 spiro atoms. The van der Waals surface area contributed by atoms with Crippen molar-refractivity contribution >= 4 is 28.2 Å². The predicted molar refractivity (Wildman–Crippen MR) is 105 cm³/mol. The Balaban J connectivity index is 1.73. The van der Waals surface area contributed by atoms with Gasteiger partial charge in [-0.15, -0.1) is 0 Å². The zero-order valence-electron chi connectivity index (χ0n) is 15.5. The normalized spacial score (nSPS) is 18.3. The Morgan fingerprint density at radius 2 is 2.14 bits per heavy atom. The number of hydrogen-bond acceptors (Lipinski definition) is 5. The fraction of sp³-hybridized carbons (Fsp3) is 0.238. The number of hydrogen-bond donors (Lipinski definition) is 2. The molecule has 0 aliphatic heterocycles. The maximum absolute atomic E-state index is 14.0. The molecule has 8 heteroatoms. The first-order valence-corrected chi connectivity index (χ1v) is 9.00. The van der Waals surface area contributed by atoms with Crippen LogP contribution in [0.25, 0.3) is 21.9 Å². The van der Waals surface area contributed by atoms with Crippen LogP contribution in [0.1, 0.15) is 18.9 Å². The molecule has 146 valence electrons. The summed E-state index contributed by atoms with van der Waals surface area (Å²) in [5.41, 5.74) is 7.14. The van der Waals surface area contributed by atoms with Crippen LogP contribution in [0, 0.1) is 23.2 Å². The Morgan fingerprint density at radius 1 is 1.34 bits per heavy atom. The molecule has 1 fully saturated rings. The molecule has 1 amide bonds. The van der Waals surface area contributed by atoms with E-state index in [-0.39, 0.29) is 28.9 Å². The molecule has 0 saturated heterocycles. The number of nitrogens with two attached hydrogens (primary N) is 1. The van der Waals surface area contributed by atoms with E-state index in [1.165, 1.54) is 24.7 Å².